The maximum atomic E-state index is 12.5. The zero-order chi connectivity index (χ0) is 17.5. The lowest BCUT2D eigenvalue weighted by Crippen LogP contribution is -2.34. The number of rotatable bonds is 3. The number of halogens is 1. The monoisotopic (exact) mass is 386 g/mol. The maximum Gasteiger partial charge on any atom is 0.231 e. The first kappa shape index (κ1) is 20.1. The molecule has 1 aromatic rings. The molecule has 8 heteroatoms. The Bertz CT molecular complexity index is 643. The standard InChI is InChI=1S/C17H26N4O2S.ClH/c1-17(2,3)15(23)20-16-19-11(9-24-16)6-14(22)21-7-10-4-5-13(18)12(10)8-21;/h9-10,12-13H,4-8,18H2,1-3H3,(H,19,20,23);1H. The van der Waals surface area contributed by atoms with Gasteiger partial charge in [-0.15, -0.1) is 23.7 Å². The van der Waals surface area contributed by atoms with E-state index in [-0.39, 0.29) is 36.7 Å². The average Bonchev–Trinajstić information content (AvgIpc) is 3.16. The summed E-state index contributed by atoms with van der Waals surface area (Å²) in [4.78, 5) is 30.8. The number of nitrogens with two attached hydrogens (primary N) is 1. The molecule has 140 valence electrons. The van der Waals surface area contributed by atoms with Crippen molar-refractivity contribution in [3.8, 4) is 0 Å². The van der Waals surface area contributed by atoms with E-state index < -0.39 is 5.41 Å². The van der Waals surface area contributed by atoms with Crippen LogP contribution in [0.5, 0.6) is 0 Å². The van der Waals surface area contributed by atoms with E-state index in [0.717, 1.165) is 31.6 Å². The highest BCUT2D eigenvalue weighted by Crippen LogP contribution is 2.37. The van der Waals surface area contributed by atoms with Crippen molar-refractivity contribution < 1.29 is 9.59 Å². The van der Waals surface area contributed by atoms with Crippen molar-refractivity contribution in [2.24, 2.45) is 23.0 Å². The van der Waals surface area contributed by atoms with Crippen molar-refractivity contribution in [1.29, 1.82) is 0 Å². The van der Waals surface area contributed by atoms with Gasteiger partial charge in [-0.1, -0.05) is 20.8 Å². The van der Waals surface area contributed by atoms with Gasteiger partial charge >= 0.3 is 0 Å². The number of carbonyl (C=O) groups is 2. The molecule has 2 fully saturated rings. The Morgan fingerprint density at radius 3 is 2.72 bits per heavy atom. The largest absolute Gasteiger partial charge is 0.342 e. The predicted octanol–water partition coefficient (Wildman–Crippen LogP) is 2.29. The summed E-state index contributed by atoms with van der Waals surface area (Å²) < 4.78 is 0. The molecule has 0 spiro atoms. The highest BCUT2D eigenvalue weighted by molar-refractivity contribution is 7.13. The molecule has 2 heterocycles. The second-order valence-corrected chi connectivity index (χ2v) is 8.85. The van der Waals surface area contributed by atoms with Gasteiger partial charge < -0.3 is 16.0 Å². The average molecular weight is 387 g/mol. The summed E-state index contributed by atoms with van der Waals surface area (Å²) in [6, 6.07) is 0.242. The van der Waals surface area contributed by atoms with Crippen molar-refractivity contribution in [3.63, 3.8) is 0 Å². The van der Waals surface area contributed by atoms with E-state index in [1.165, 1.54) is 11.3 Å². The molecule has 25 heavy (non-hydrogen) atoms. The quantitative estimate of drug-likeness (QED) is 0.834. The van der Waals surface area contributed by atoms with Gasteiger partial charge in [0.05, 0.1) is 12.1 Å². The first-order chi connectivity index (χ1) is 11.2. The third-order valence-electron chi connectivity index (χ3n) is 5.05. The van der Waals surface area contributed by atoms with Gasteiger partial charge in [-0.2, -0.15) is 0 Å². The topological polar surface area (TPSA) is 88.3 Å². The van der Waals surface area contributed by atoms with Crippen LogP contribution in [0.25, 0.3) is 0 Å². The number of aromatic nitrogens is 1. The highest BCUT2D eigenvalue weighted by atomic mass is 35.5. The van der Waals surface area contributed by atoms with Crippen molar-refractivity contribution in [2.45, 2.75) is 46.1 Å². The Kier molecular flexibility index (Phi) is 6.12. The van der Waals surface area contributed by atoms with Crippen LogP contribution in [0.2, 0.25) is 0 Å². The molecular weight excluding hydrogens is 360 g/mol. The van der Waals surface area contributed by atoms with Gasteiger partial charge in [0, 0.05) is 29.9 Å². The Labute approximate surface area is 159 Å². The van der Waals surface area contributed by atoms with E-state index in [2.05, 4.69) is 10.3 Å². The molecule has 6 nitrogen and oxygen atoms in total. The Hall–Kier alpha value is -1.18. The number of amides is 2. The van der Waals surface area contributed by atoms with Crippen LogP contribution in [0.1, 0.15) is 39.3 Å². The minimum Gasteiger partial charge on any atom is -0.342 e. The van der Waals surface area contributed by atoms with E-state index in [1.807, 2.05) is 31.1 Å². The number of thiazole rings is 1. The van der Waals surface area contributed by atoms with Crippen LogP contribution in [-0.2, 0) is 16.0 Å². The summed E-state index contributed by atoms with van der Waals surface area (Å²) in [6.07, 6.45) is 2.51. The fourth-order valence-corrected chi connectivity index (χ4v) is 4.21. The van der Waals surface area contributed by atoms with Crippen LogP contribution in [0.3, 0.4) is 0 Å². The molecule has 0 radical (unpaired) electrons. The van der Waals surface area contributed by atoms with Gasteiger partial charge in [0.1, 0.15) is 0 Å². The fraction of sp³-hybridized carbons (Fsp3) is 0.706. The molecule has 3 atom stereocenters. The second kappa shape index (κ2) is 7.60. The Morgan fingerprint density at radius 2 is 2.08 bits per heavy atom. The van der Waals surface area contributed by atoms with E-state index >= 15 is 0 Å². The summed E-state index contributed by atoms with van der Waals surface area (Å²) in [5.74, 6) is 1.07. The van der Waals surface area contributed by atoms with Crippen LogP contribution in [-0.4, -0.2) is 40.8 Å². The zero-order valence-electron chi connectivity index (χ0n) is 14.9. The fourth-order valence-electron chi connectivity index (χ4n) is 3.51. The van der Waals surface area contributed by atoms with Gasteiger partial charge in [0.25, 0.3) is 0 Å². The number of nitrogens with zero attached hydrogens (tertiary/aromatic N) is 2. The van der Waals surface area contributed by atoms with E-state index in [1.54, 1.807) is 0 Å². The summed E-state index contributed by atoms with van der Waals surface area (Å²) in [7, 11) is 0. The molecule has 1 aliphatic heterocycles. The first-order valence-electron chi connectivity index (χ1n) is 8.53. The van der Waals surface area contributed by atoms with Crippen molar-refractivity contribution >= 4 is 40.7 Å². The lowest BCUT2D eigenvalue weighted by atomic mass is 9.96. The number of carbonyl (C=O) groups excluding carboxylic acids is 2. The number of likely N-dealkylation sites (tertiary alicyclic amines) is 1. The molecule has 3 unspecified atom stereocenters. The van der Waals surface area contributed by atoms with Crippen molar-refractivity contribution in [3.05, 3.63) is 11.1 Å². The van der Waals surface area contributed by atoms with Crippen LogP contribution in [0.15, 0.2) is 5.38 Å². The van der Waals surface area contributed by atoms with Gasteiger partial charge in [0.15, 0.2) is 5.13 Å². The zero-order valence-corrected chi connectivity index (χ0v) is 16.6. The van der Waals surface area contributed by atoms with Crippen LogP contribution in [0, 0.1) is 17.3 Å². The van der Waals surface area contributed by atoms with Crippen molar-refractivity contribution in [2.75, 3.05) is 18.4 Å². The summed E-state index contributed by atoms with van der Waals surface area (Å²) in [5.41, 5.74) is 6.38. The van der Waals surface area contributed by atoms with Gasteiger partial charge in [-0.25, -0.2) is 4.98 Å². The molecular formula is C17H27ClN4O2S. The molecule has 1 aromatic heterocycles. The predicted molar refractivity (Wildman–Crippen MR) is 102 cm³/mol. The summed E-state index contributed by atoms with van der Waals surface area (Å²) >= 11 is 1.36. The minimum atomic E-state index is -0.465. The molecule has 3 rings (SSSR count). The van der Waals surface area contributed by atoms with Crippen LogP contribution < -0.4 is 11.1 Å². The molecule has 1 aliphatic carbocycles. The third-order valence-corrected chi connectivity index (χ3v) is 5.86. The van der Waals surface area contributed by atoms with E-state index in [4.69, 9.17) is 5.73 Å². The molecule has 2 aliphatic rings. The number of hydrogen-bond donors (Lipinski definition) is 2. The lowest BCUT2D eigenvalue weighted by molar-refractivity contribution is -0.129. The second-order valence-electron chi connectivity index (χ2n) is 7.99. The van der Waals surface area contributed by atoms with Gasteiger partial charge in [-0.05, 0) is 24.7 Å². The number of fused-ring (bicyclic) bond motifs is 1. The van der Waals surface area contributed by atoms with Gasteiger partial charge in [0.2, 0.25) is 11.8 Å². The maximum absolute atomic E-state index is 12.5. The molecule has 0 aromatic carbocycles. The molecule has 1 saturated heterocycles. The number of nitrogens with one attached hydrogen (secondary N) is 1. The molecule has 2 amide bonds. The van der Waals surface area contributed by atoms with Crippen LogP contribution in [0.4, 0.5) is 5.13 Å². The smallest absolute Gasteiger partial charge is 0.231 e. The Balaban J connectivity index is 0.00000225. The first-order valence-corrected chi connectivity index (χ1v) is 9.41. The van der Waals surface area contributed by atoms with Crippen LogP contribution >= 0.6 is 23.7 Å². The summed E-state index contributed by atoms with van der Waals surface area (Å²) in [6.45, 7) is 7.18. The SMILES string of the molecule is CC(C)(C)C(=O)Nc1nc(CC(=O)N2CC3CCC(N)C3C2)cs1.Cl. The highest BCUT2D eigenvalue weighted by Gasteiger charge is 2.42. The molecule has 3 N–H and O–H groups in total. The third kappa shape index (κ3) is 4.51. The minimum absolute atomic E-state index is 0. The normalized spacial score (nSPS) is 25.4. The Morgan fingerprint density at radius 1 is 1.36 bits per heavy atom. The number of anilines is 1. The molecule has 1 saturated carbocycles. The van der Waals surface area contributed by atoms with E-state index in [0.29, 0.717) is 17.0 Å². The van der Waals surface area contributed by atoms with E-state index in [9.17, 15) is 9.59 Å². The van der Waals surface area contributed by atoms with Crippen molar-refractivity contribution in [1.82, 2.24) is 9.88 Å². The molecule has 0 bridgehead atoms. The number of hydrogen-bond acceptors (Lipinski definition) is 5. The van der Waals surface area contributed by atoms with Gasteiger partial charge in [-0.3, -0.25) is 9.59 Å². The summed E-state index contributed by atoms with van der Waals surface area (Å²) in [5, 5.41) is 5.21. The lowest BCUT2D eigenvalue weighted by Gasteiger charge is -2.18.